The van der Waals surface area contributed by atoms with Crippen LogP contribution in [0.1, 0.15) is 32.1 Å². The van der Waals surface area contributed by atoms with Gasteiger partial charge in [-0.2, -0.15) is 0 Å². The van der Waals surface area contributed by atoms with Crippen molar-refractivity contribution >= 4 is 17.7 Å². The first-order chi connectivity index (χ1) is 13.3. The van der Waals surface area contributed by atoms with Gasteiger partial charge >= 0.3 is 0 Å². The second-order valence-electron chi connectivity index (χ2n) is 7.15. The number of ether oxygens (including phenoxy) is 1. The zero-order chi connectivity index (χ0) is 18.5. The number of aromatic nitrogens is 3. The summed E-state index contributed by atoms with van der Waals surface area (Å²) in [4.78, 5) is 14.5. The Labute approximate surface area is 164 Å². The number of likely N-dealkylation sites (tertiary alicyclic amines) is 1. The largest absolute Gasteiger partial charge is 0.376 e. The second kappa shape index (κ2) is 8.89. The lowest BCUT2D eigenvalue weighted by molar-refractivity contribution is -0.129. The van der Waals surface area contributed by atoms with Crippen LogP contribution in [0.2, 0.25) is 0 Å². The monoisotopic (exact) mass is 386 g/mol. The molecule has 2 aliphatic heterocycles. The van der Waals surface area contributed by atoms with Crippen LogP contribution in [0, 0.1) is 0 Å². The van der Waals surface area contributed by atoms with Crippen LogP contribution in [-0.2, 0) is 16.1 Å². The summed E-state index contributed by atoms with van der Waals surface area (Å²) in [5, 5.41) is 9.63. The normalized spacial score (nSPS) is 20.1. The minimum Gasteiger partial charge on any atom is -0.376 e. The zero-order valence-corrected chi connectivity index (χ0v) is 16.4. The van der Waals surface area contributed by atoms with Gasteiger partial charge in [0.25, 0.3) is 0 Å². The summed E-state index contributed by atoms with van der Waals surface area (Å²) in [5.41, 5.74) is 1.04. The lowest BCUT2D eigenvalue weighted by Crippen LogP contribution is -2.36. The predicted octanol–water partition coefficient (Wildman–Crippen LogP) is 3.23. The van der Waals surface area contributed by atoms with Crippen LogP contribution in [-0.4, -0.2) is 57.1 Å². The molecule has 0 N–H and O–H groups in total. The topological polar surface area (TPSA) is 60.3 Å². The van der Waals surface area contributed by atoms with Gasteiger partial charge in [-0.3, -0.25) is 9.36 Å². The SMILES string of the molecule is O=C(CSc1nnc(-c2ccccc2)n1CC1CCCO1)N1CCCCC1. The molecule has 0 saturated carbocycles. The van der Waals surface area contributed by atoms with Gasteiger partial charge in [0.1, 0.15) is 0 Å². The number of benzene rings is 1. The van der Waals surface area contributed by atoms with Gasteiger partial charge in [-0.05, 0) is 32.1 Å². The van der Waals surface area contributed by atoms with Crippen molar-refractivity contribution in [2.75, 3.05) is 25.4 Å². The third-order valence-electron chi connectivity index (χ3n) is 5.19. The molecule has 7 heteroatoms. The summed E-state index contributed by atoms with van der Waals surface area (Å²) in [6, 6.07) is 10.1. The van der Waals surface area contributed by atoms with E-state index in [2.05, 4.69) is 14.8 Å². The van der Waals surface area contributed by atoms with Crippen LogP contribution in [0.4, 0.5) is 0 Å². The number of carbonyl (C=O) groups excluding carboxylic acids is 1. The number of nitrogens with zero attached hydrogens (tertiary/aromatic N) is 4. The van der Waals surface area contributed by atoms with Gasteiger partial charge in [-0.1, -0.05) is 42.1 Å². The van der Waals surface area contributed by atoms with Crippen molar-refractivity contribution in [3.05, 3.63) is 30.3 Å². The maximum Gasteiger partial charge on any atom is 0.233 e. The summed E-state index contributed by atoms with van der Waals surface area (Å²) in [5.74, 6) is 1.46. The van der Waals surface area contributed by atoms with Crippen molar-refractivity contribution < 1.29 is 9.53 Å². The highest BCUT2D eigenvalue weighted by Gasteiger charge is 2.23. The molecule has 1 atom stereocenters. The van der Waals surface area contributed by atoms with E-state index in [1.54, 1.807) is 0 Å². The number of rotatable bonds is 6. The van der Waals surface area contributed by atoms with Crippen LogP contribution in [0.25, 0.3) is 11.4 Å². The molecule has 27 heavy (non-hydrogen) atoms. The number of carbonyl (C=O) groups is 1. The first-order valence-corrected chi connectivity index (χ1v) is 10.8. The van der Waals surface area contributed by atoms with Crippen molar-refractivity contribution in [1.82, 2.24) is 19.7 Å². The fraction of sp³-hybridized carbons (Fsp3) is 0.550. The average Bonchev–Trinajstić information content (AvgIpc) is 3.38. The Morgan fingerprint density at radius 1 is 1.11 bits per heavy atom. The molecule has 2 aliphatic rings. The van der Waals surface area contributed by atoms with E-state index in [-0.39, 0.29) is 12.0 Å². The van der Waals surface area contributed by atoms with Crippen molar-refractivity contribution in [2.24, 2.45) is 0 Å². The molecule has 1 unspecified atom stereocenters. The van der Waals surface area contributed by atoms with E-state index in [4.69, 9.17) is 4.74 Å². The molecule has 6 nitrogen and oxygen atoms in total. The van der Waals surface area contributed by atoms with Crippen molar-refractivity contribution in [1.29, 1.82) is 0 Å². The van der Waals surface area contributed by atoms with E-state index in [0.717, 1.165) is 68.5 Å². The zero-order valence-electron chi connectivity index (χ0n) is 15.5. The summed E-state index contributed by atoms with van der Waals surface area (Å²) in [6.07, 6.45) is 5.81. The van der Waals surface area contributed by atoms with Crippen LogP contribution < -0.4 is 0 Å². The van der Waals surface area contributed by atoms with Gasteiger partial charge in [-0.15, -0.1) is 10.2 Å². The van der Waals surface area contributed by atoms with E-state index >= 15 is 0 Å². The van der Waals surface area contributed by atoms with Gasteiger partial charge in [0.2, 0.25) is 5.91 Å². The first-order valence-electron chi connectivity index (χ1n) is 9.82. The first kappa shape index (κ1) is 18.5. The number of thioether (sulfide) groups is 1. The van der Waals surface area contributed by atoms with E-state index < -0.39 is 0 Å². The Bertz CT molecular complexity index is 753. The fourth-order valence-corrected chi connectivity index (χ4v) is 4.56. The quantitative estimate of drug-likeness (QED) is 0.714. The molecule has 1 amide bonds. The lowest BCUT2D eigenvalue weighted by Gasteiger charge is -2.26. The second-order valence-corrected chi connectivity index (χ2v) is 8.09. The van der Waals surface area contributed by atoms with Crippen molar-refractivity contribution in [3.63, 3.8) is 0 Å². The van der Waals surface area contributed by atoms with Gasteiger partial charge in [0, 0.05) is 25.3 Å². The molecule has 1 aromatic carbocycles. The molecule has 144 valence electrons. The summed E-state index contributed by atoms with van der Waals surface area (Å²) >= 11 is 1.49. The van der Waals surface area contributed by atoms with E-state index in [1.807, 2.05) is 35.2 Å². The molecule has 0 spiro atoms. The number of hydrogen-bond acceptors (Lipinski definition) is 5. The van der Waals surface area contributed by atoms with Gasteiger partial charge in [0.15, 0.2) is 11.0 Å². The standard InChI is InChI=1S/C20H26N4O2S/c25-18(23-11-5-2-6-12-23)15-27-20-22-21-19(16-8-3-1-4-9-16)24(20)14-17-10-7-13-26-17/h1,3-4,8-9,17H,2,5-7,10-15H2. The summed E-state index contributed by atoms with van der Waals surface area (Å²) in [7, 11) is 0. The molecule has 2 saturated heterocycles. The highest BCUT2D eigenvalue weighted by Crippen LogP contribution is 2.27. The van der Waals surface area contributed by atoms with Crippen LogP contribution in [0.5, 0.6) is 0 Å². The van der Waals surface area contributed by atoms with Gasteiger partial charge in [-0.25, -0.2) is 0 Å². The molecule has 0 radical (unpaired) electrons. The van der Waals surface area contributed by atoms with Crippen molar-refractivity contribution in [3.8, 4) is 11.4 Å². The maximum absolute atomic E-state index is 12.5. The Kier molecular flexibility index (Phi) is 6.09. The fourth-order valence-electron chi connectivity index (χ4n) is 3.71. The minimum atomic E-state index is 0.195. The number of amides is 1. The molecule has 2 aromatic rings. The molecular formula is C20H26N4O2S. The van der Waals surface area contributed by atoms with Crippen LogP contribution >= 0.6 is 11.8 Å². The van der Waals surface area contributed by atoms with E-state index in [1.165, 1.54) is 18.2 Å². The predicted molar refractivity (Wildman–Crippen MR) is 106 cm³/mol. The highest BCUT2D eigenvalue weighted by molar-refractivity contribution is 7.99. The smallest absolute Gasteiger partial charge is 0.233 e. The molecule has 0 aliphatic carbocycles. The highest BCUT2D eigenvalue weighted by atomic mass is 32.2. The molecular weight excluding hydrogens is 360 g/mol. The van der Waals surface area contributed by atoms with Crippen LogP contribution in [0.15, 0.2) is 35.5 Å². The van der Waals surface area contributed by atoms with Gasteiger partial charge < -0.3 is 9.64 Å². The molecule has 1 aromatic heterocycles. The number of piperidine rings is 1. The Balaban J connectivity index is 1.50. The Morgan fingerprint density at radius 3 is 2.67 bits per heavy atom. The van der Waals surface area contributed by atoms with Gasteiger partial charge in [0.05, 0.1) is 18.4 Å². The number of hydrogen-bond donors (Lipinski definition) is 0. The average molecular weight is 387 g/mol. The molecule has 0 bridgehead atoms. The third kappa shape index (κ3) is 4.52. The van der Waals surface area contributed by atoms with E-state index in [9.17, 15) is 4.79 Å². The molecule has 2 fully saturated rings. The Hall–Kier alpha value is -1.86. The van der Waals surface area contributed by atoms with E-state index in [0.29, 0.717) is 5.75 Å². The summed E-state index contributed by atoms with van der Waals surface area (Å²) in [6.45, 7) is 3.33. The third-order valence-corrected chi connectivity index (χ3v) is 6.14. The van der Waals surface area contributed by atoms with Crippen molar-refractivity contribution in [2.45, 2.75) is 49.9 Å². The van der Waals surface area contributed by atoms with Crippen LogP contribution in [0.3, 0.4) is 0 Å². The molecule has 4 rings (SSSR count). The molecule has 3 heterocycles. The summed E-state index contributed by atoms with van der Waals surface area (Å²) < 4.78 is 7.96. The Morgan fingerprint density at radius 2 is 1.93 bits per heavy atom. The minimum absolute atomic E-state index is 0.195. The lowest BCUT2D eigenvalue weighted by atomic mass is 10.1. The maximum atomic E-state index is 12.5.